The van der Waals surface area contributed by atoms with Crippen molar-refractivity contribution in [1.29, 1.82) is 0 Å². The van der Waals surface area contributed by atoms with E-state index in [1.807, 2.05) is 0 Å². The van der Waals surface area contributed by atoms with Gasteiger partial charge in [-0.2, -0.15) is 13.2 Å². The summed E-state index contributed by atoms with van der Waals surface area (Å²) in [5.41, 5.74) is -4.22. The summed E-state index contributed by atoms with van der Waals surface area (Å²) < 4.78 is 45.6. The summed E-state index contributed by atoms with van der Waals surface area (Å²) in [6.07, 6.45) is -6.76. The lowest BCUT2D eigenvalue weighted by Gasteiger charge is -2.31. The second-order valence-electron chi connectivity index (χ2n) is 6.68. The first kappa shape index (κ1) is 19.5. The van der Waals surface area contributed by atoms with E-state index in [0.29, 0.717) is 10.5 Å². The molecule has 10 heteroatoms. The van der Waals surface area contributed by atoms with Crippen LogP contribution in [0.25, 0.3) is 0 Å². The van der Waals surface area contributed by atoms with E-state index in [4.69, 9.17) is 4.74 Å². The number of carbonyl (C=O) groups is 3. The number of ether oxygens (including phenoxy) is 1. The minimum absolute atomic E-state index is 0.376. The Kier molecular flexibility index (Phi) is 4.89. The number of hydrogen-bond acceptors (Lipinski definition) is 4. The Morgan fingerprint density at radius 3 is 2.27 bits per heavy atom. The van der Waals surface area contributed by atoms with Crippen LogP contribution in [0.5, 0.6) is 0 Å². The molecule has 1 saturated heterocycles. The monoisotopic (exact) mass is 373 g/mol. The molecule has 0 spiro atoms. The van der Waals surface area contributed by atoms with E-state index in [1.165, 1.54) is 26.1 Å². The summed E-state index contributed by atoms with van der Waals surface area (Å²) in [6.45, 7) is 3.97. The van der Waals surface area contributed by atoms with Crippen molar-refractivity contribution >= 4 is 18.0 Å². The molecule has 4 amide bonds. The Hall–Kier alpha value is -2.78. The van der Waals surface area contributed by atoms with Crippen LogP contribution in [0, 0.1) is 0 Å². The van der Waals surface area contributed by atoms with Gasteiger partial charge in [-0.1, -0.05) is 30.3 Å². The van der Waals surface area contributed by atoms with Crippen molar-refractivity contribution in [2.24, 2.45) is 0 Å². The molecule has 2 rings (SSSR count). The number of carbonyl (C=O) groups excluding carboxylic acids is 3. The molecule has 1 atom stereocenters. The molecular formula is C16H18F3N3O4. The van der Waals surface area contributed by atoms with E-state index in [1.54, 1.807) is 35.6 Å². The first-order valence-corrected chi connectivity index (χ1v) is 7.62. The van der Waals surface area contributed by atoms with Crippen molar-refractivity contribution in [3.05, 3.63) is 35.9 Å². The average Bonchev–Trinajstić information content (AvgIpc) is 2.71. The van der Waals surface area contributed by atoms with E-state index in [9.17, 15) is 27.6 Å². The van der Waals surface area contributed by atoms with Crippen LogP contribution >= 0.6 is 0 Å². The van der Waals surface area contributed by atoms with Crippen molar-refractivity contribution in [3.8, 4) is 0 Å². The number of halogens is 3. The van der Waals surface area contributed by atoms with Gasteiger partial charge in [-0.3, -0.25) is 20.3 Å². The molecular weight excluding hydrogens is 355 g/mol. The second-order valence-corrected chi connectivity index (χ2v) is 6.68. The van der Waals surface area contributed by atoms with Crippen LogP contribution in [0.15, 0.2) is 30.3 Å². The Labute approximate surface area is 147 Å². The highest BCUT2D eigenvalue weighted by Crippen LogP contribution is 2.34. The molecule has 142 valence electrons. The van der Waals surface area contributed by atoms with Gasteiger partial charge in [0.15, 0.2) is 0 Å². The minimum atomic E-state index is -5.28. The summed E-state index contributed by atoms with van der Waals surface area (Å²) in [4.78, 5) is 36.7. The van der Waals surface area contributed by atoms with Crippen LogP contribution < -0.4 is 10.6 Å². The topological polar surface area (TPSA) is 87.7 Å². The number of nitrogens with one attached hydrogen (secondary N) is 2. The van der Waals surface area contributed by atoms with Gasteiger partial charge in [-0.25, -0.2) is 9.59 Å². The van der Waals surface area contributed by atoms with Gasteiger partial charge in [0.1, 0.15) is 5.60 Å². The largest absolute Gasteiger partial charge is 0.444 e. The van der Waals surface area contributed by atoms with Crippen molar-refractivity contribution < 1.29 is 32.3 Å². The maximum absolute atomic E-state index is 13.6. The molecule has 0 radical (unpaired) electrons. The number of nitrogens with zero attached hydrogens (tertiary/aromatic N) is 1. The molecule has 1 aliphatic rings. The molecule has 26 heavy (non-hydrogen) atoms. The third-order valence-electron chi connectivity index (χ3n) is 3.40. The lowest BCUT2D eigenvalue weighted by molar-refractivity contribution is -0.201. The van der Waals surface area contributed by atoms with E-state index < -0.39 is 35.5 Å². The van der Waals surface area contributed by atoms with Crippen LogP contribution in [0.3, 0.4) is 0 Å². The third-order valence-corrected chi connectivity index (χ3v) is 3.40. The first-order valence-electron chi connectivity index (χ1n) is 7.62. The highest BCUT2D eigenvalue weighted by molar-refractivity contribution is 6.08. The van der Waals surface area contributed by atoms with Gasteiger partial charge >= 0.3 is 18.3 Å². The zero-order chi connectivity index (χ0) is 19.8. The molecule has 0 aliphatic carbocycles. The highest BCUT2D eigenvalue weighted by Gasteiger charge is 2.69. The van der Waals surface area contributed by atoms with Gasteiger partial charge in [-0.05, 0) is 26.3 Å². The molecule has 1 aromatic carbocycles. The fraction of sp³-hybridized carbons (Fsp3) is 0.438. The number of alkyl carbamates (subject to hydrolysis) is 1. The van der Waals surface area contributed by atoms with Gasteiger partial charge in [-0.15, -0.1) is 0 Å². The van der Waals surface area contributed by atoms with Crippen molar-refractivity contribution in [2.45, 2.75) is 44.8 Å². The van der Waals surface area contributed by atoms with Gasteiger partial charge in [0.05, 0.1) is 6.54 Å². The van der Waals surface area contributed by atoms with E-state index in [0.717, 1.165) is 0 Å². The minimum Gasteiger partial charge on any atom is -0.444 e. The highest BCUT2D eigenvalue weighted by atomic mass is 19.4. The Morgan fingerprint density at radius 2 is 1.77 bits per heavy atom. The number of amides is 4. The quantitative estimate of drug-likeness (QED) is 0.797. The van der Waals surface area contributed by atoms with Gasteiger partial charge in [0.2, 0.25) is 0 Å². The Morgan fingerprint density at radius 1 is 1.19 bits per heavy atom. The number of alkyl halides is 3. The lowest BCUT2D eigenvalue weighted by atomic mass is 10.1. The van der Waals surface area contributed by atoms with Crippen molar-refractivity contribution in [1.82, 2.24) is 15.5 Å². The van der Waals surface area contributed by atoms with Gasteiger partial charge < -0.3 is 4.74 Å². The predicted octanol–water partition coefficient (Wildman–Crippen LogP) is 2.52. The predicted molar refractivity (Wildman–Crippen MR) is 83.7 cm³/mol. The number of benzene rings is 1. The second kappa shape index (κ2) is 6.50. The molecule has 1 heterocycles. The number of urea groups is 1. The molecule has 1 fully saturated rings. The fourth-order valence-corrected chi connectivity index (χ4v) is 2.29. The third kappa shape index (κ3) is 3.89. The lowest BCUT2D eigenvalue weighted by Crippen LogP contribution is -2.69. The van der Waals surface area contributed by atoms with Crippen LogP contribution in [-0.4, -0.2) is 40.4 Å². The molecule has 1 aliphatic heterocycles. The molecule has 1 aromatic rings. The van der Waals surface area contributed by atoms with Crippen LogP contribution in [0.2, 0.25) is 0 Å². The summed E-state index contributed by atoms with van der Waals surface area (Å²) >= 11 is 0. The number of imide groups is 1. The average molecular weight is 373 g/mol. The van der Waals surface area contributed by atoms with E-state index in [2.05, 4.69) is 0 Å². The summed E-state index contributed by atoms with van der Waals surface area (Å²) in [6, 6.07) is 6.74. The zero-order valence-electron chi connectivity index (χ0n) is 14.3. The van der Waals surface area contributed by atoms with Crippen molar-refractivity contribution in [3.63, 3.8) is 0 Å². The Bertz CT molecular complexity index is 716. The molecule has 0 bridgehead atoms. The first-order chi connectivity index (χ1) is 11.9. The molecule has 1 unspecified atom stereocenters. The van der Waals surface area contributed by atoms with Gasteiger partial charge in [0, 0.05) is 0 Å². The summed E-state index contributed by atoms with van der Waals surface area (Å²) in [7, 11) is 0. The fourth-order valence-electron chi connectivity index (χ4n) is 2.29. The van der Waals surface area contributed by atoms with E-state index in [-0.39, 0.29) is 6.54 Å². The normalized spacial score (nSPS) is 20.8. The Balaban J connectivity index is 2.31. The standard InChI is InChI=1S/C16H18F3N3O4/c1-14(2,3)26-13(25)21-15(16(17,18)19)11(23)22(12(24)20-15)9-10-7-5-4-6-8-10/h4-8H,9H2,1-3H3,(H,20,24)(H,21,25). The maximum atomic E-state index is 13.6. The van der Waals surface area contributed by atoms with Crippen LogP contribution in [0.1, 0.15) is 26.3 Å². The molecule has 0 saturated carbocycles. The number of rotatable bonds is 3. The summed E-state index contributed by atoms with van der Waals surface area (Å²) in [5.74, 6) is -1.63. The van der Waals surface area contributed by atoms with Crippen LogP contribution in [-0.2, 0) is 16.1 Å². The molecule has 0 aromatic heterocycles. The summed E-state index contributed by atoms with van der Waals surface area (Å²) in [5, 5.41) is 3.02. The SMILES string of the molecule is CC(C)(C)OC(=O)NC1(C(F)(F)F)NC(=O)N(Cc2ccccc2)C1=O. The smallest absolute Gasteiger partial charge is 0.440 e. The number of hydrogen-bond donors (Lipinski definition) is 2. The maximum Gasteiger partial charge on any atom is 0.440 e. The zero-order valence-corrected chi connectivity index (χ0v) is 14.3. The molecule has 7 nitrogen and oxygen atoms in total. The van der Waals surface area contributed by atoms with Crippen molar-refractivity contribution in [2.75, 3.05) is 0 Å². The van der Waals surface area contributed by atoms with Crippen LogP contribution in [0.4, 0.5) is 22.8 Å². The van der Waals surface area contributed by atoms with E-state index >= 15 is 0 Å². The molecule has 2 N–H and O–H groups in total. The van der Waals surface area contributed by atoms with Gasteiger partial charge in [0.25, 0.3) is 11.6 Å².